The second kappa shape index (κ2) is 8.25. The van der Waals surface area contributed by atoms with E-state index in [-0.39, 0.29) is 5.91 Å². The van der Waals surface area contributed by atoms with E-state index >= 15 is 0 Å². The summed E-state index contributed by atoms with van der Waals surface area (Å²) in [5.74, 6) is 1.71. The number of hydrogen-bond donors (Lipinski definition) is 0. The summed E-state index contributed by atoms with van der Waals surface area (Å²) in [5.41, 5.74) is 1.73. The Hall–Kier alpha value is -2.23. The van der Waals surface area contributed by atoms with Gasteiger partial charge < -0.3 is 14.4 Å². The highest BCUT2D eigenvalue weighted by Crippen LogP contribution is 2.33. The summed E-state index contributed by atoms with van der Waals surface area (Å²) < 4.78 is 19.0. The quantitative estimate of drug-likeness (QED) is 0.753. The summed E-state index contributed by atoms with van der Waals surface area (Å²) in [7, 11) is 0. The average molecular weight is 416 g/mol. The normalized spacial score (nSPS) is 22.8. The molecule has 1 aromatic heterocycles. The second-order valence-corrected chi connectivity index (χ2v) is 8.40. The molecular formula is C20H25N5O3S. The lowest BCUT2D eigenvalue weighted by Gasteiger charge is -2.43. The Morgan fingerprint density at radius 2 is 2.00 bits per heavy atom. The Morgan fingerprint density at radius 3 is 2.83 bits per heavy atom. The van der Waals surface area contributed by atoms with Crippen LogP contribution in [0.3, 0.4) is 0 Å². The molecule has 2 fully saturated rings. The van der Waals surface area contributed by atoms with Crippen LogP contribution in [-0.2, 0) is 6.54 Å². The number of aromatic nitrogens is 2. The molecule has 0 spiro atoms. The monoisotopic (exact) mass is 415 g/mol. The molecule has 154 valence electrons. The Bertz CT molecular complexity index is 854. The van der Waals surface area contributed by atoms with Gasteiger partial charge >= 0.3 is 0 Å². The van der Waals surface area contributed by atoms with Gasteiger partial charge in [0.05, 0.1) is 17.9 Å². The molecule has 4 heterocycles. The van der Waals surface area contributed by atoms with Gasteiger partial charge in [-0.3, -0.25) is 14.6 Å². The molecule has 0 N–H and O–H groups in total. The smallest absolute Gasteiger partial charge is 0.275 e. The predicted octanol–water partition coefficient (Wildman–Crippen LogP) is 1.69. The number of nitrogens with zero attached hydrogens (tertiary/aromatic N) is 5. The summed E-state index contributed by atoms with van der Waals surface area (Å²) in [6, 6.07) is 6.65. The lowest BCUT2D eigenvalue weighted by molar-refractivity contribution is 0.0404. The Morgan fingerprint density at radius 1 is 1.14 bits per heavy atom. The molecule has 0 saturated carbocycles. The third-order valence-electron chi connectivity index (χ3n) is 6.03. The standard InChI is InChI=1S/C20H25N5O3S/c26-20(17-11-21-29-22-17)25-5-1-2-16(13-25)24-8-6-23(7-9-24)12-15-3-4-18-19(10-15)28-14-27-18/h3-4,10-11,16H,1-2,5-9,12-14H2. The van der Waals surface area contributed by atoms with E-state index in [9.17, 15) is 4.79 Å². The van der Waals surface area contributed by atoms with Crippen molar-refractivity contribution in [2.45, 2.75) is 25.4 Å². The minimum Gasteiger partial charge on any atom is -0.454 e. The van der Waals surface area contributed by atoms with Crippen molar-refractivity contribution in [3.63, 3.8) is 0 Å². The summed E-state index contributed by atoms with van der Waals surface area (Å²) >= 11 is 1.09. The lowest BCUT2D eigenvalue weighted by Crippen LogP contribution is -2.55. The fourth-order valence-corrected chi connectivity index (χ4v) is 4.85. The molecule has 5 rings (SSSR count). The van der Waals surface area contributed by atoms with E-state index in [0.29, 0.717) is 18.5 Å². The molecule has 3 aliphatic heterocycles. The van der Waals surface area contributed by atoms with Gasteiger partial charge in [0, 0.05) is 51.9 Å². The molecule has 0 aliphatic carbocycles. The molecule has 3 aliphatic rings. The van der Waals surface area contributed by atoms with Crippen molar-refractivity contribution < 1.29 is 14.3 Å². The van der Waals surface area contributed by atoms with Crippen molar-refractivity contribution in [1.29, 1.82) is 0 Å². The number of fused-ring (bicyclic) bond motifs is 1. The lowest BCUT2D eigenvalue weighted by atomic mass is 10.0. The van der Waals surface area contributed by atoms with Gasteiger partial charge in [-0.1, -0.05) is 6.07 Å². The molecule has 29 heavy (non-hydrogen) atoms. The molecule has 1 aromatic carbocycles. The number of piperazine rings is 1. The highest BCUT2D eigenvalue weighted by Gasteiger charge is 2.31. The first-order valence-corrected chi connectivity index (χ1v) is 10.9. The molecule has 1 amide bonds. The Balaban J connectivity index is 1.14. The van der Waals surface area contributed by atoms with E-state index in [1.54, 1.807) is 6.20 Å². The van der Waals surface area contributed by atoms with Crippen molar-refractivity contribution >= 4 is 17.6 Å². The van der Waals surface area contributed by atoms with Gasteiger partial charge in [-0.2, -0.15) is 8.75 Å². The zero-order valence-corrected chi connectivity index (χ0v) is 17.1. The topological polar surface area (TPSA) is 71.0 Å². The Kier molecular flexibility index (Phi) is 5.34. The van der Waals surface area contributed by atoms with Crippen molar-refractivity contribution in [2.75, 3.05) is 46.1 Å². The fourth-order valence-electron chi connectivity index (χ4n) is 4.44. The summed E-state index contributed by atoms with van der Waals surface area (Å²) in [4.78, 5) is 19.6. The van der Waals surface area contributed by atoms with Crippen LogP contribution in [0.25, 0.3) is 0 Å². The highest BCUT2D eigenvalue weighted by molar-refractivity contribution is 6.99. The van der Waals surface area contributed by atoms with Crippen LogP contribution in [-0.4, -0.2) is 81.5 Å². The van der Waals surface area contributed by atoms with Crippen molar-refractivity contribution in [3.8, 4) is 11.5 Å². The molecule has 1 atom stereocenters. The third-order valence-corrected chi connectivity index (χ3v) is 6.51. The van der Waals surface area contributed by atoms with Gasteiger partial charge in [-0.05, 0) is 30.5 Å². The minimum atomic E-state index is 0.0184. The van der Waals surface area contributed by atoms with Crippen molar-refractivity contribution in [1.82, 2.24) is 23.4 Å². The zero-order valence-electron chi connectivity index (χ0n) is 16.3. The van der Waals surface area contributed by atoms with Crippen LogP contribution in [0.2, 0.25) is 0 Å². The number of benzene rings is 1. The number of carbonyl (C=O) groups excluding carboxylic acids is 1. The number of ether oxygens (including phenoxy) is 2. The van der Waals surface area contributed by atoms with Crippen molar-refractivity contribution in [2.24, 2.45) is 0 Å². The van der Waals surface area contributed by atoms with E-state index in [0.717, 1.165) is 81.9 Å². The van der Waals surface area contributed by atoms with Crippen LogP contribution in [0, 0.1) is 0 Å². The number of carbonyl (C=O) groups is 1. The maximum atomic E-state index is 12.6. The fraction of sp³-hybridized carbons (Fsp3) is 0.550. The molecule has 8 nitrogen and oxygen atoms in total. The second-order valence-electron chi connectivity index (χ2n) is 7.84. The van der Waals surface area contributed by atoms with Gasteiger partial charge in [-0.15, -0.1) is 0 Å². The predicted molar refractivity (Wildman–Crippen MR) is 108 cm³/mol. The van der Waals surface area contributed by atoms with Crippen LogP contribution in [0.4, 0.5) is 0 Å². The first kappa shape index (κ1) is 18.8. The van der Waals surface area contributed by atoms with Crippen LogP contribution >= 0.6 is 11.7 Å². The maximum absolute atomic E-state index is 12.6. The Labute approximate surface area is 174 Å². The van der Waals surface area contributed by atoms with E-state index in [1.165, 1.54) is 5.56 Å². The molecule has 9 heteroatoms. The third kappa shape index (κ3) is 4.08. The maximum Gasteiger partial charge on any atom is 0.275 e. The number of rotatable bonds is 4. The zero-order chi connectivity index (χ0) is 19.6. The number of hydrogen-bond acceptors (Lipinski definition) is 8. The van der Waals surface area contributed by atoms with Gasteiger partial charge in [0.15, 0.2) is 17.2 Å². The largest absolute Gasteiger partial charge is 0.454 e. The van der Waals surface area contributed by atoms with Crippen LogP contribution in [0.5, 0.6) is 11.5 Å². The molecule has 1 unspecified atom stereocenters. The molecule has 2 aromatic rings. The number of amides is 1. The highest BCUT2D eigenvalue weighted by atomic mass is 32.1. The van der Waals surface area contributed by atoms with Gasteiger partial charge in [-0.25, -0.2) is 0 Å². The van der Waals surface area contributed by atoms with E-state index in [2.05, 4.69) is 30.7 Å². The van der Waals surface area contributed by atoms with E-state index in [4.69, 9.17) is 9.47 Å². The minimum absolute atomic E-state index is 0.0184. The van der Waals surface area contributed by atoms with Gasteiger partial charge in [0.25, 0.3) is 5.91 Å². The number of piperidine rings is 1. The van der Waals surface area contributed by atoms with Crippen LogP contribution in [0.15, 0.2) is 24.4 Å². The first-order valence-electron chi connectivity index (χ1n) is 10.2. The number of likely N-dealkylation sites (tertiary alicyclic amines) is 1. The van der Waals surface area contributed by atoms with Crippen LogP contribution < -0.4 is 9.47 Å². The van der Waals surface area contributed by atoms with E-state index < -0.39 is 0 Å². The SMILES string of the molecule is O=C(c1cnsn1)N1CCCC(N2CCN(Cc3ccc4c(c3)OCO4)CC2)C1. The average Bonchev–Trinajstić information content (AvgIpc) is 3.46. The molecule has 0 bridgehead atoms. The van der Waals surface area contributed by atoms with Crippen LogP contribution in [0.1, 0.15) is 28.9 Å². The van der Waals surface area contributed by atoms with Crippen molar-refractivity contribution in [3.05, 3.63) is 35.7 Å². The summed E-state index contributed by atoms with van der Waals surface area (Å²) in [5, 5.41) is 0. The summed E-state index contributed by atoms with van der Waals surface area (Å²) in [6.07, 6.45) is 3.78. The van der Waals surface area contributed by atoms with Gasteiger partial charge in [0.2, 0.25) is 6.79 Å². The molecule has 2 saturated heterocycles. The van der Waals surface area contributed by atoms with E-state index in [1.807, 2.05) is 11.0 Å². The van der Waals surface area contributed by atoms with Gasteiger partial charge in [0.1, 0.15) is 0 Å². The first-order chi connectivity index (χ1) is 14.3. The molecule has 0 radical (unpaired) electrons. The summed E-state index contributed by atoms with van der Waals surface area (Å²) in [6.45, 7) is 7.00. The molecular weight excluding hydrogens is 390 g/mol.